The number of para-hydroxylation sites is 1. The van der Waals surface area contributed by atoms with Crippen LogP contribution >= 0.6 is 40.7 Å². The third kappa shape index (κ3) is 5.00. The topological polar surface area (TPSA) is 35.5 Å². The number of hydrogen-bond donors (Lipinski definition) is 2. The van der Waals surface area contributed by atoms with E-state index in [4.69, 9.17) is 0 Å². The molecule has 0 unspecified atom stereocenters. The molecule has 0 radical (unpaired) electrons. The highest BCUT2D eigenvalue weighted by Gasteiger charge is 2.34. The van der Waals surface area contributed by atoms with Crippen molar-refractivity contribution in [3.05, 3.63) is 28.2 Å². The summed E-state index contributed by atoms with van der Waals surface area (Å²) in [6.45, 7) is 10.8. The van der Waals surface area contributed by atoms with Gasteiger partial charge < -0.3 is 10.4 Å². The van der Waals surface area contributed by atoms with E-state index in [9.17, 15) is 5.11 Å². The number of nitrogens with zero attached hydrogens (tertiary/aromatic N) is 1. The first kappa shape index (κ1) is 21.0. The second-order valence-electron chi connectivity index (χ2n) is 6.23. The fraction of sp³-hybridized carbons (Fsp3) is 0.600. The van der Waals surface area contributed by atoms with Crippen LogP contribution in [0.2, 0.25) is 0 Å². The van der Waals surface area contributed by atoms with Gasteiger partial charge in [-0.05, 0) is 27.4 Å². The lowest BCUT2D eigenvalue weighted by Gasteiger charge is -2.42. The standard InChI is InChI=1S/C15H23BrN2O.2ClH/c1-15(2,3)14(18-9-7-17-8-10-18)11-5-4-6-12(16)13(11)19;;/h4-6,14,17,19H,7-10H2,1-3H3;2*1H/t14-;;/m1../s1. The Balaban J connectivity index is 0.00000200. The minimum Gasteiger partial charge on any atom is -0.506 e. The number of piperazine rings is 1. The molecule has 0 spiro atoms. The van der Waals surface area contributed by atoms with Crippen molar-refractivity contribution < 1.29 is 5.11 Å². The second kappa shape index (κ2) is 8.59. The summed E-state index contributed by atoms with van der Waals surface area (Å²) in [5.41, 5.74) is 1.10. The maximum atomic E-state index is 10.4. The molecule has 2 N–H and O–H groups in total. The van der Waals surface area contributed by atoms with Crippen LogP contribution in [0, 0.1) is 5.41 Å². The lowest BCUT2D eigenvalue weighted by molar-refractivity contribution is 0.0842. The number of halogens is 3. The van der Waals surface area contributed by atoms with Gasteiger partial charge in [0, 0.05) is 37.8 Å². The van der Waals surface area contributed by atoms with Crippen molar-refractivity contribution in [2.75, 3.05) is 26.2 Å². The van der Waals surface area contributed by atoms with E-state index in [-0.39, 0.29) is 36.3 Å². The summed E-state index contributed by atoms with van der Waals surface area (Å²) in [4.78, 5) is 2.47. The Kier molecular flexibility index (Phi) is 8.59. The number of aromatic hydroxyl groups is 1. The van der Waals surface area contributed by atoms with Crippen molar-refractivity contribution in [2.24, 2.45) is 5.41 Å². The quantitative estimate of drug-likeness (QED) is 0.788. The molecule has 1 saturated heterocycles. The molecule has 1 atom stereocenters. The van der Waals surface area contributed by atoms with Gasteiger partial charge in [0.15, 0.2) is 0 Å². The number of rotatable bonds is 2. The zero-order valence-corrected chi connectivity index (χ0v) is 15.9. The van der Waals surface area contributed by atoms with E-state index in [2.05, 4.69) is 46.9 Å². The number of nitrogens with one attached hydrogen (secondary N) is 1. The number of phenols is 1. The van der Waals surface area contributed by atoms with Gasteiger partial charge >= 0.3 is 0 Å². The molecule has 0 aliphatic carbocycles. The van der Waals surface area contributed by atoms with Crippen molar-refractivity contribution in [3.63, 3.8) is 0 Å². The average molecular weight is 400 g/mol. The molecule has 1 aliphatic rings. The van der Waals surface area contributed by atoms with Crippen LogP contribution in [0.4, 0.5) is 0 Å². The lowest BCUT2D eigenvalue weighted by atomic mass is 9.80. The molecular weight excluding hydrogens is 375 g/mol. The SMILES string of the molecule is CC(C)(C)[C@@H](c1cccc(Br)c1O)N1CCNCC1.Cl.Cl. The highest BCUT2D eigenvalue weighted by Crippen LogP contribution is 2.43. The summed E-state index contributed by atoms with van der Waals surface area (Å²) in [7, 11) is 0. The predicted octanol–water partition coefficient (Wildman–Crippen LogP) is 3.99. The second-order valence-corrected chi connectivity index (χ2v) is 7.09. The van der Waals surface area contributed by atoms with Gasteiger partial charge in [0.1, 0.15) is 5.75 Å². The Morgan fingerprint density at radius 3 is 2.29 bits per heavy atom. The van der Waals surface area contributed by atoms with Gasteiger partial charge in [0.25, 0.3) is 0 Å². The van der Waals surface area contributed by atoms with Gasteiger partial charge in [-0.15, -0.1) is 24.8 Å². The molecule has 6 heteroatoms. The van der Waals surface area contributed by atoms with Crippen LogP contribution in [-0.2, 0) is 0 Å². The molecule has 0 bridgehead atoms. The molecule has 1 aliphatic heterocycles. The molecule has 1 heterocycles. The van der Waals surface area contributed by atoms with Crippen molar-refractivity contribution in [2.45, 2.75) is 26.8 Å². The highest BCUT2D eigenvalue weighted by molar-refractivity contribution is 9.10. The zero-order valence-electron chi connectivity index (χ0n) is 12.7. The smallest absolute Gasteiger partial charge is 0.134 e. The molecular formula is C15H25BrCl2N2O. The molecule has 122 valence electrons. The minimum atomic E-state index is 0. The van der Waals surface area contributed by atoms with E-state index >= 15 is 0 Å². The average Bonchev–Trinajstić information content (AvgIpc) is 2.35. The zero-order chi connectivity index (χ0) is 14.0. The summed E-state index contributed by atoms with van der Waals surface area (Å²) in [6, 6.07) is 6.15. The third-order valence-corrected chi connectivity index (χ3v) is 4.29. The molecule has 1 fully saturated rings. The molecule has 0 amide bonds. The van der Waals surface area contributed by atoms with Gasteiger partial charge in [-0.2, -0.15) is 0 Å². The van der Waals surface area contributed by atoms with Crippen LogP contribution in [0.15, 0.2) is 22.7 Å². The number of phenolic OH excluding ortho intramolecular Hbond substituents is 1. The molecule has 21 heavy (non-hydrogen) atoms. The van der Waals surface area contributed by atoms with E-state index in [1.165, 1.54) is 0 Å². The Labute approximate surface area is 148 Å². The molecule has 3 nitrogen and oxygen atoms in total. The summed E-state index contributed by atoms with van der Waals surface area (Å²) < 4.78 is 0.773. The van der Waals surface area contributed by atoms with Crippen LogP contribution < -0.4 is 5.32 Å². The first-order valence-corrected chi connectivity index (χ1v) is 7.62. The van der Waals surface area contributed by atoms with Gasteiger partial charge in [0.05, 0.1) is 4.47 Å². The van der Waals surface area contributed by atoms with Crippen LogP contribution in [0.1, 0.15) is 32.4 Å². The lowest BCUT2D eigenvalue weighted by Crippen LogP contribution is -2.48. The Morgan fingerprint density at radius 1 is 1.19 bits per heavy atom. The van der Waals surface area contributed by atoms with Crippen LogP contribution in [0.3, 0.4) is 0 Å². The minimum absolute atomic E-state index is 0. The van der Waals surface area contributed by atoms with Gasteiger partial charge in [-0.3, -0.25) is 4.90 Å². The van der Waals surface area contributed by atoms with Crippen molar-refractivity contribution in [1.82, 2.24) is 10.2 Å². The molecule has 0 saturated carbocycles. The normalized spacial score (nSPS) is 17.5. The van der Waals surface area contributed by atoms with Gasteiger partial charge in [-0.1, -0.05) is 32.9 Å². The summed E-state index contributed by atoms with van der Waals surface area (Å²) in [5, 5.41) is 13.8. The van der Waals surface area contributed by atoms with E-state index in [0.717, 1.165) is 36.2 Å². The Bertz CT molecular complexity index is 446. The summed E-state index contributed by atoms with van der Waals surface area (Å²) in [6.07, 6.45) is 0. The maximum absolute atomic E-state index is 10.4. The fourth-order valence-corrected chi connectivity index (χ4v) is 3.29. The highest BCUT2D eigenvalue weighted by atomic mass is 79.9. The van der Waals surface area contributed by atoms with E-state index in [0.29, 0.717) is 5.75 Å². The fourth-order valence-electron chi connectivity index (χ4n) is 2.90. The monoisotopic (exact) mass is 398 g/mol. The van der Waals surface area contributed by atoms with Crippen molar-refractivity contribution >= 4 is 40.7 Å². The largest absolute Gasteiger partial charge is 0.506 e. The van der Waals surface area contributed by atoms with Gasteiger partial charge in [0.2, 0.25) is 0 Å². The van der Waals surface area contributed by atoms with Crippen molar-refractivity contribution in [1.29, 1.82) is 0 Å². The van der Waals surface area contributed by atoms with Crippen LogP contribution in [-0.4, -0.2) is 36.2 Å². The predicted molar refractivity (Wildman–Crippen MR) is 96.9 cm³/mol. The van der Waals surface area contributed by atoms with Gasteiger partial charge in [-0.25, -0.2) is 0 Å². The van der Waals surface area contributed by atoms with E-state index < -0.39 is 0 Å². The van der Waals surface area contributed by atoms with E-state index in [1.54, 1.807) is 0 Å². The Morgan fingerprint density at radius 2 is 1.76 bits per heavy atom. The number of hydrogen-bond acceptors (Lipinski definition) is 3. The van der Waals surface area contributed by atoms with Crippen LogP contribution in [0.5, 0.6) is 5.75 Å². The first-order valence-electron chi connectivity index (χ1n) is 6.83. The van der Waals surface area contributed by atoms with E-state index in [1.807, 2.05) is 18.2 Å². The molecule has 1 aromatic rings. The molecule has 1 aromatic carbocycles. The summed E-state index contributed by atoms with van der Waals surface area (Å²) in [5.74, 6) is 0.376. The molecule has 2 rings (SSSR count). The maximum Gasteiger partial charge on any atom is 0.134 e. The third-order valence-electron chi connectivity index (χ3n) is 3.65. The Hall–Kier alpha value is -0.000000000000000111. The summed E-state index contributed by atoms with van der Waals surface area (Å²) >= 11 is 3.42. The van der Waals surface area contributed by atoms with Crippen LogP contribution in [0.25, 0.3) is 0 Å². The van der Waals surface area contributed by atoms with Crippen molar-refractivity contribution in [3.8, 4) is 5.75 Å². The molecule has 0 aromatic heterocycles. The number of benzene rings is 1. The first-order chi connectivity index (χ1) is 8.91.